The molecule has 0 aliphatic heterocycles. The van der Waals surface area contributed by atoms with Gasteiger partial charge in [0.05, 0.1) is 10.7 Å². The highest BCUT2D eigenvalue weighted by Crippen LogP contribution is 2.43. The van der Waals surface area contributed by atoms with E-state index in [-0.39, 0.29) is 0 Å². The van der Waals surface area contributed by atoms with Gasteiger partial charge in [0.15, 0.2) is 0 Å². The van der Waals surface area contributed by atoms with Crippen LogP contribution < -0.4 is 5.32 Å². The van der Waals surface area contributed by atoms with E-state index in [2.05, 4.69) is 46.9 Å². The third kappa shape index (κ3) is 4.05. The molecule has 1 aliphatic carbocycles. The van der Waals surface area contributed by atoms with Crippen LogP contribution in [0.5, 0.6) is 0 Å². The fourth-order valence-corrected chi connectivity index (χ4v) is 4.46. The van der Waals surface area contributed by atoms with E-state index in [1.807, 2.05) is 11.3 Å². The number of rotatable bonds is 4. The van der Waals surface area contributed by atoms with Crippen LogP contribution in [0.15, 0.2) is 0 Å². The van der Waals surface area contributed by atoms with Gasteiger partial charge in [-0.05, 0) is 36.6 Å². The summed E-state index contributed by atoms with van der Waals surface area (Å²) in [5.74, 6) is 0. The van der Waals surface area contributed by atoms with Gasteiger partial charge in [0.25, 0.3) is 0 Å². The molecule has 0 amide bonds. The smallest absolute Gasteiger partial charge is 0.0936 e. The van der Waals surface area contributed by atoms with Gasteiger partial charge in [-0.3, -0.25) is 0 Å². The molecule has 1 atom stereocenters. The molecule has 0 aromatic carbocycles. The Morgan fingerprint density at radius 3 is 2.65 bits per heavy atom. The van der Waals surface area contributed by atoms with Crippen LogP contribution in [-0.2, 0) is 12.8 Å². The summed E-state index contributed by atoms with van der Waals surface area (Å²) in [6.45, 7) is 15.0. The van der Waals surface area contributed by atoms with Crippen molar-refractivity contribution in [2.24, 2.45) is 10.8 Å². The fourth-order valence-electron chi connectivity index (χ4n) is 3.00. The van der Waals surface area contributed by atoms with Crippen molar-refractivity contribution in [2.75, 3.05) is 6.54 Å². The zero-order chi connectivity index (χ0) is 15.0. The molecule has 2 nitrogen and oxygen atoms in total. The van der Waals surface area contributed by atoms with Gasteiger partial charge < -0.3 is 5.32 Å². The summed E-state index contributed by atoms with van der Waals surface area (Å²) in [5.41, 5.74) is 2.05. The number of aromatic nitrogens is 1. The molecule has 3 heteroatoms. The summed E-state index contributed by atoms with van der Waals surface area (Å²) in [5, 5.41) is 5.05. The predicted octanol–water partition coefficient (Wildman–Crippen LogP) is 4.74. The maximum atomic E-state index is 4.97. The van der Waals surface area contributed by atoms with Gasteiger partial charge in [-0.2, -0.15) is 0 Å². The largest absolute Gasteiger partial charge is 0.309 e. The van der Waals surface area contributed by atoms with Gasteiger partial charge in [0, 0.05) is 17.3 Å². The number of hydrogen-bond donors (Lipinski definition) is 1. The first kappa shape index (κ1) is 16.0. The average Bonchev–Trinajstić information content (AvgIpc) is 2.63. The van der Waals surface area contributed by atoms with Crippen molar-refractivity contribution in [3.05, 3.63) is 15.6 Å². The average molecular weight is 295 g/mol. The minimum absolute atomic E-state index is 0.322. The molecule has 1 aromatic heterocycles. The molecule has 0 saturated carbocycles. The normalized spacial score (nSPS) is 21.8. The Kier molecular flexibility index (Phi) is 4.60. The Bertz CT molecular complexity index is 454. The summed E-state index contributed by atoms with van der Waals surface area (Å²) in [4.78, 5) is 6.48. The van der Waals surface area contributed by atoms with Crippen molar-refractivity contribution in [3.63, 3.8) is 0 Å². The first-order chi connectivity index (χ1) is 9.20. The van der Waals surface area contributed by atoms with Gasteiger partial charge in [0.2, 0.25) is 0 Å². The molecule has 1 aliphatic rings. The Balaban J connectivity index is 2.24. The highest BCUT2D eigenvalue weighted by atomic mass is 32.1. The molecule has 1 N–H and O–H groups in total. The number of hydrogen-bond acceptors (Lipinski definition) is 3. The Morgan fingerprint density at radius 2 is 2.05 bits per heavy atom. The molecule has 114 valence electrons. The van der Waals surface area contributed by atoms with Crippen molar-refractivity contribution < 1.29 is 0 Å². The Hall–Kier alpha value is -0.410. The van der Waals surface area contributed by atoms with Gasteiger partial charge in [0.1, 0.15) is 0 Å². The van der Waals surface area contributed by atoms with E-state index in [1.54, 1.807) is 0 Å². The lowest BCUT2D eigenvalue weighted by Gasteiger charge is -2.34. The molecule has 1 unspecified atom stereocenters. The summed E-state index contributed by atoms with van der Waals surface area (Å²) in [6, 6.07) is 0.514. The molecule has 0 spiro atoms. The minimum Gasteiger partial charge on any atom is -0.309 e. The van der Waals surface area contributed by atoms with E-state index in [4.69, 9.17) is 4.98 Å². The second-order valence-corrected chi connectivity index (χ2v) is 9.32. The van der Waals surface area contributed by atoms with E-state index >= 15 is 0 Å². The molecular weight excluding hydrogens is 264 g/mol. The van der Waals surface area contributed by atoms with E-state index in [9.17, 15) is 0 Å². The van der Waals surface area contributed by atoms with Crippen molar-refractivity contribution in [1.29, 1.82) is 0 Å². The third-order valence-electron chi connectivity index (χ3n) is 3.81. The Morgan fingerprint density at radius 1 is 1.35 bits per heavy atom. The lowest BCUT2D eigenvalue weighted by Crippen LogP contribution is -2.33. The number of fused-ring (bicyclic) bond motifs is 1. The monoisotopic (exact) mass is 294 g/mol. The van der Waals surface area contributed by atoms with Crippen LogP contribution in [0.1, 0.15) is 76.0 Å². The molecule has 2 rings (SSSR count). The molecule has 0 fully saturated rings. The van der Waals surface area contributed by atoms with Crippen molar-refractivity contribution >= 4 is 11.3 Å². The van der Waals surface area contributed by atoms with E-state index in [0.29, 0.717) is 16.9 Å². The molecule has 1 heterocycles. The summed E-state index contributed by atoms with van der Waals surface area (Å²) in [7, 11) is 0. The van der Waals surface area contributed by atoms with Crippen LogP contribution in [0.2, 0.25) is 0 Å². The fraction of sp³-hybridized carbons (Fsp3) is 0.824. The second-order valence-electron chi connectivity index (χ2n) is 8.21. The third-order valence-corrected chi connectivity index (χ3v) is 5.02. The van der Waals surface area contributed by atoms with Crippen LogP contribution in [0.4, 0.5) is 0 Å². The molecule has 1 aromatic rings. The number of nitrogens with zero attached hydrogens (tertiary/aromatic N) is 1. The minimum atomic E-state index is 0.322. The van der Waals surface area contributed by atoms with Crippen molar-refractivity contribution in [1.82, 2.24) is 10.3 Å². The zero-order valence-corrected chi connectivity index (χ0v) is 14.8. The lowest BCUT2D eigenvalue weighted by atomic mass is 9.76. The first-order valence-electron chi connectivity index (χ1n) is 7.92. The number of nitrogens with one attached hydrogen (secondary N) is 1. The highest BCUT2D eigenvalue weighted by Gasteiger charge is 2.35. The molecule has 0 bridgehead atoms. The van der Waals surface area contributed by atoms with Crippen LogP contribution in [-0.4, -0.2) is 11.5 Å². The van der Waals surface area contributed by atoms with Gasteiger partial charge >= 0.3 is 0 Å². The van der Waals surface area contributed by atoms with E-state index in [1.165, 1.54) is 28.4 Å². The van der Waals surface area contributed by atoms with E-state index in [0.717, 1.165) is 19.4 Å². The van der Waals surface area contributed by atoms with Crippen LogP contribution in [0, 0.1) is 10.8 Å². The van der Waals surface area contributed by atoms with Crippen molar-refractivity contribution in [3.8, 4) is 0 Å². The maximum Gasteiger partial charge on any atom is 0.0936 e. The molecule has 0 saturated heterocycles. The van der Waals surface area contributed by atoms with Crippen LogP contribution >= 0.6 is 11.3 Å². The van der Waals surface area contributed by atoms with Gasteiger partial charge in [-0.1, -0.05) is 41.5 Å². The predicted molar refractivity (Wildman–Crippen MR) is 88.4 cm³/mol. The second kappa shape index (κ2) is 5.76. The summed E-state index contributed by atoms with van der Waals surface area (Å²) < 4.78 is 0. The van der Waals surface area contributed by atoms with Crippen LogP contribution in [0.25, 0.3) is 0 Å². The molecule has 0 radical (unpaired) electrons. The first-order valence-corrected chi connectivity index (χ1v) is 8.74. The maximum absolute atomic E-state index is 4.97. The quantitative estimate of drug-likeness (QED) is 0.867. The van der Waals surface area contributed by atoms with E-state index < -0.39 is 0 Å². The topological polar surface area (TPSA) is 24.9 Å². The summed E-state index contributed by atoms with van der Waals surface area (Å²) >= 11 is 1.95. The van der Waals surface area contributed by atoms with Gasteiger partial charge in [-0.25, -0.2) is 4.98 Å². The highest BCUT2D eigenvalue weighted by molar-refractivity contribution is 7.11. The Labute approximate surface area is 128 Å². The van der Waals surface area contributed by atoms with Crippen LogP contribution in [0.3, 0.4) is 0 Å². The lowest BCUT2D eigenvalue weighted by molar-refractivity contribution is 0.258. The number of thiazole rings is 1. The summed E-state index contributed by atoms with van der Waals surface area (Å²) in [6.07, 6.45) is 4.65. The van der Waals surface area contributed by atoms with Crippen molar-refractivity contribution in [2.45, 2.75) is 73.3 Å². The molecular formula is C17H30N2S. The zero-order valence-electron chi connectivity index (χ0n) is 14.0. The van der Waals surface area contributed by atoms with Gasteiger partial charge in [-0.15, -0.1) is 11.3 Å². The standard InChI is InChI=1S/C17H30N2S/c1-7-8-18-12-9-17(5,6)10-13-15(12)20-14(19-13)11-16(2,3)4/h12,18H,7-11H2,1-6H3. The SMILES string of the molecule is CCCNC1CC(C)(C)Cc2nc(CC(C)(C)C)sc21. The molecule has 20 heavy (non-hydrogen) atoms.